The van der Waals surface area contributed by atoms with Gasteiger partial charge >= 0.3 is 0 Å². The molecule has 1 nitrogen and oxygen atoms in total. The van der Waals surface area contributed by atoms with E-state index in [1.807, 2.05) is 0 Å². The lowest BCUT2D eigenvalue weighted by molar-refractivity contribution is 0.269. The molecule has 0 saturated carbocycles. The van der Waals surface area contributed by atoms with Crippen LogP contribution in [0.3, 0.4) is 0 Å². The Morgan fingerprint density at radius 3 is 1.67 bits per heavy atom. The third-order valence-electron chi connectivity index (χ3n) is 9.22. The van der Waals surface area contributed by atoms with Crippen molar-refractivity contribution in [2.24, 2.45) is 0 Å². The molecule has 0 radical (unpaired) electrons. The summed E-state index contributed by atoms with van der Waals surface area (Å²) < 4.78 is 6.45. The highest BCUT2D eigenvalue weighted by Gasteiger charge is 2.33. The molecular formula is C42H28O. The Bertz CT molecular complexity index is 2210. The highest BCUT2D eigenvalue weighted by atomic mass is 16.5. The van der Waals surface area contributed by atoms with Crippen LogP contribution < -0.4 is 4.74 Å². The standard InChI is InChI=1S/C42H28O/c1-2-12-27(13-3-1)29-24-25-38(31-15-5-4-14-30(29)31)42-36-19-8-6-17-34(36)41(35-18-7-9-20-37(35)42)28-22-23-33-32-16-10-11-21-39(32)43-40(33)26-28/h1-26,33,40H. The van der Waals surface area contributed by atoms with E-state index in [1.54, 1.807) is 0 Å². The van der Waals surface area contributed by atoms with Crippen LogP contribution in [0.25, 0.3) is 60.1 Å². The number of ether oxygens (including phenoxy) is 1. The number of hydrogen-bond donors (Lipinski definition) is 0. The van der Waals surface area contributed by atoms with Gasteiger partial charge in [0.15, 0.2) is 0 Å². The minimum Gasteiger partial charge on any atom is -0.485 e. The van der Waals surface area contributed by atoms with Gasteiger partial charge in [0.1, 0.15) is 11.9 Å². The molecule has 0 fully saturated rings. The van der Waals surface area contributed by atoms with Crippen molar-refractivity contribution in [1.29, 1.82) is 0 Å². The fraction of sp³-hybridized carbons (Fsp3) is 0.0476. The van der Waals surface area contributed by atoms with E-state index in [0.29, 0.717) is 0 Å². The Kier molecular flexibility index (Phi) is 5.39. The zero-order chi connectivity index (χ0) is 28.3. The van der Waals surface area contributed by atoms with Crippen molar-refractivity contribution in [3.05, 3.63) is 169 Å². The molecule has 2 atom stereocenters. The zero-order valence-corrected chi connectivity index (χ0v) is 23.6. The quantitative estimate of drug-likeness (QED) is 0.200. The maximum Gasteiger partial charge on any atom is 0.128 e. The molecule has 9 rings (SSSR count). The number of allylic oxidation sites excluding steroid dienone is 2. The van der Waals surface area contributed by atoms with Gasteiger partial charge < -0.3 is 4.74 Å². The minimum absolute atomic E-state index is 0.00377. The summed E-state index contributed by atoms with van der Waals surface area (Å²) in [5.41, 5.74) is 8.81. The number of fused-ring (bicyclic) bond motifs is 6. The van der Waals surface area contributed by atoms with Crippen molar-refractivity contribution in [2.45, 2.75) is 12.0 Å². The van der Waals surface area contributed by atoms with Crippen LogP contribution in [0.1, 0.15) is 17.0 Å². The minimum atomic E-state index is 0.00377. The summed E-state index contributed by atoms with van der Waals surface area (Å²) in [5.74, 6) is 1.25. The van der Waals surface area contributed by atoms with Crippen LogP contribution in [0.5, 0.6) is 5.75 Å². The second kappa shape index (κ2) is 9.58. The average molecular weight is 549 g/mol. The fourth-order valence-electron chi connectivity index (χ4n) is 7.33. The van der Waals surface area contributed by atoms with Gasteiger partial charge in [-0.3, -0.25) is 0 Å². The normalized spacial score (nSPS) is 17.1. The summed E-state index contributed by atoms with van der Waals surface area (Å²) in [4.78, 5) is 0. The smallest absolute Gasteiger partial charge is 0.128 e. The first-order valence-corrected chi connectivity index (χ1v) is 15.0. The predicted octanol–water partition coefficient (Wildman–Crippen LogP) is 11.0. The lowest BCUT2D eigenvalue weighted by Gasteiger charge is -2.23. The van der Waals surface area contributed by atoms with Gasteiger partial charge in [-0.15, -0.1) is 0 Å². The summed E-state index contributed by atoms with van der Waals surface area (Å²) in [5, 5.41) is 7.59. The summed E-state index contributed by atoms with van der Waals surface area (Å²) in [6.45, 7) is 0. The van der Waals surface area contributed by atoms with E-state index < -0.39 is 0 Å². The van der Waals surface area contributed by atoms with Crippen molar-refractivity contribution in [3.63, 3.8) is 0 Å². The number of rotatable bonds is 3. The summed E-state index contributed by atoms with van der Waals surface area (Å²) >= 11 is 0. The van der Waals surface area contributed by atoms with Gasteiger partial charge in [0, 0.05) is 11.5 Å². The van der Waals surface area contributed by atoms with Gasteiger partial charge in [-0.2, -0.15) is 0 Å². The molecule has 0 spiro atoms. The third kappa shape index (κ3) is 3.72. The van der Waals surface area contributed by atoms with Crippen LogP contribution in [-0.4, -0.2) is 6.10 Å². The van der Waals surface area contributed by atoms with Crippen molar-refractivity contribution in [1.82, 2.24) is 0 Å². The molecule has 0 N–H and O–H groups in total. The highest BCUT2D eigenvalue weighted by Crippen LogP contribution is 2.48. The molecule has 0 bridgehead atoms. The van der Waals surface area contributed by atoms with Crippen molar-refractivity contribution in [2.75, 3.05) is 0 Å². The molecule has 43 heavy (non-hydrogen) atoms. The molecular weight excluding hydrogens is 520 g/mol. The van der Waals surface area contributed by atoms with Gasteiger partial charge in [0.05, 0.1) is 0 Å². The van der Waals surface area contributed by atoms with Crippen molar-refractivity contribution >= 4 is 37.9 Å². The van der Waals surface area contributed by atoms with E-state index in [0.717, 1.165) is 5.75 Å². The SMILES string of the molecule is C1=CC2c3ccccc3OC2C=C1c1c2ccccc2c(-c2ccc(-c3ccccc3)c3ccccc23)c2ccccc12. The highest BCUT2D eigenvalue weighted by molar-refractivity contribution is 6.22. The molecule has 2 unspecified atom stereocenters. The molecule has 0 aromatic heterocycles. The van der Waals surface area contributed by atoms with Crippen LogP contribution in [0.4, 0.5) is 0 Å². The Morgan fingerprint density at radius 1 is 0.442 bits per heavy atom. The molecule has 0 amide bonds. The average Bonchev–Trinajstić information content (AvgIpc) is 3.45. The van der Waals surface area contributed by atoms with E-state index >= 15 is 0 Å². The summed E-state index contributed by atoms with van der Waals surface area (Å²) in [6, 6.07) is 50.4. The van der Waals surface area contributed by atoms with Gasteiger partial charge in [0.2, 0.25) is 0 Å². The lowest BCUT2D eigenvalue weighted by atomic mass is 9.81. The Labute approximate surface area is 251 Å². The van der Waals surface area contributed by atoms with E-state index in [9.17, 15) is 0 Å². The number of para-hydroxylation sites is 1. The monoisotopic (exact) mass is 548 g/mol. The molecule has 1 heteroatoms. The maximum absolute atomic E-state index is 6.45. The van der Waals surface area contributed by atoms with Gasteiger partial charge in [-0.25, -0.2) is 0 Å². The first-order chi connectivity index (χ1) is 21.3. The topological polar surface area (TPSA) is 9.23 Å². The van der Waals surface area contributed by atoms with E-state index in [2.05, 4.69) is 158 Å². The largest absolute Gasteiger partial charge is 0.485 e. The summed E-state index contributed by atoms with van der Waals surface area (Å²) in [6.07, 6.45) is 6.98. The maximum atomic E-state index is 6.45. The van der Waals surface area contributed by atoms with Crippen LogP contribution in [0.15, 0.2) is 158 Å². The number of hydrogen-bond acceptors (Lipinski definition) is 1. The van der Waals surface area contributed by atoms with Crippen molar-refractivity contribution in [3.8, 4) is 28.0 Å². The van der Waals surface area contributed by atoms with Crippen LogP contribution in [0, 0.1) is 0 Å². The predicted molar refractivity (Wildman–Crippen MR) is 181 cm³/mol. The fourth-order valence-corrected chi connectivity index (χ4v) is 7.33. The molecule has 1 aliphatic carbocycles. The van der Waals surface area contributed by atoms with Crippen molar-refractivity contribution < 1.29 is 4.74 Å². The van der Waals surface area contributed by atoms with Gasteiger partial charge in [-0.05, 0) is 77.9 Å². The van der Waals surface area contributed by atoms with Crippen LogP contribution >= 0.6 is 0 Å². The Balaban J connectivity index is 1.30. The molecule has 7 aromatic rings. The van der Waals surface area contributed by atoms with Gasteiger partial charge in [0.25, 0.3) is 0 Å². The molecule has 2 aliphatic rings. The number of benzene rings is 7. The Morgan fingerprint density at radius 2 is 0.977 bits per heavy atom. The first kappa shape index (κ1) is 24.2. The molecule has 1 heterocycles. The van der Waals surface area contributed by atoms with E-state index in [1.165, 1.54) is 71.3 Å². The molecule has 7 aromatic carbocycles. The Hall–Kier alpha value is -5.40. The third-order valence-corrected chi connectivity index (χ3v) is 9.22. The zero-order valence-electron chi connectivity index (χ0n) is 23.6. The van der Waals surface area contributed by atoms with E-state index in [-0.39, 0.29) is 12.0 Å². The molecule has 1 aliphatic heterocycles. The first-order valence-electron chi connectivity index (χ1n) is 15.0. The second-order valence-electron chi connectivity index (χ2n) is 11.5. The van der Waals surface area contributed by atoms with Crippen LogP contribution in [0.2, 0.25) is 0 Å². The van der Waals surface area contributed by atoms with Gasteiger partial charge in [-0.1, -0.05) is 146 Å². The summed E-state index contributed by atoms with van der Waals surface area (Å²) in [7, 11) is 0. The lowest BCUT2D eigenvalue weighted by Crippen LogP contribution is -2.17. The van der Waals surface area contributed by atoms with Crippen LogP contribution in [-0.2, 0) is 0 Å². The molecule has 0 saturated heterocycles. The van der Waals surface area contributed by atoms with E-state index in [4.69, 9.17) is 4.74 Å². The second-order valence-corrected chi connectivity index (χ2v) is 11.5. The molecule has 202 valence electrons.